The van der Waals surface area contributed by atoms with Crippen LogP contribution >= 0.6 is 11.8 Å². The molecular formula is C22H15N3O5S. The predicted molar refractivity (Wildman–Crippen MR) is 119 cm³/mol. The lowest BCUT2D eigenvalue weighted by molar-refractivity contribution is -0.384. The molecule has 154 valence electrons. The molecule has 1 fully saturated rings. The number of nitrogens with zero attached hydrogens (tertiary/aromatic N) is 3. The number of rotatable bonds is 4. The van der Waals surface area contributed by atoms with Crippen molar-refractivity contribution in [3.8, 4) is 11.5 Å². The zero-order chi connectivity index (χ0) is 22.0. The largest absolute Gasteiger partial charge is 0.508 e. The molecule has 0 bridgehead atoms. The number of phenolic OH excluding ortho intramolecular Hbond substituents is 2. The molecule has 0 aliphatic carbocycles. The maximum atomic E-state index is 13.2. The average Bonchev–Trinajstić information content (AvgIpc) is 3.05. The van der Waals surface area contributed by atoms with E-state index in [9.17, 15) is 25.1 Å². The molecule has 3 aromatic rings. The first-order valence-corrected chi connectivity index (χ1v) is 9.87. The Bertz CT molecular complexity index is 1200. The highest BCUT2D eigenvalue weighted by Crippen LogP contribution is 2.38. The van der Waals surface area contributed by atoms with Crippen LogP contribution in [0.5, 0.6) is 11.5 Å². The number of nitro benzene ring substituents is 1. The van der Waals surface area contributed by atoms with Crippen LogP contribution in [0.2, 0.25) is 0 Å². The molecule has 3 aromatic carbocycles. The molecule has 0 aromatic heterocycles. The van der Waals surface area contributed by atoms with Gasteiger partial charge in [-0.15, -0.1) is 0 Å². The molecule has 1 heterocycles. The Hall–Kier alpha value is -4.11. The van der Waals surface area contributed by atoms with Crippen LogP contribution < -0.4 is 4.90 Å². The third kappa shape index (κ3) is 4.41. The van der Waals surface area contributed by atoms with Crippen molar-refractivity contribution in [3.63, 3.8) is 0 Å². The minimum absolute atomic E-state index is 0.0344. The molecule has 0 unspecified atom stereocenters. The molecule has 0 radical (unpaired) electrons. The van der Waals surface area contributed by atoms with Gasteiger partial charge in [-0.05, 0) is 84.1 Å². The van der Waals surface area contributed by atoms with Crippen molar-refractivity contribution in [2.75, 3.05) is 4.90 Å². The number of phenols is 2. The summed E-state index contributed by atoms with van der Waals surface area (Å²) in [5, 5.41) is 30.3. The third-order valence-electron chi connectivity index (χ3n) is 4.39. The number of amides is 1. The fourth-order valence-corrected chi connectivity index (χ4v) is 3.86. The Morgan fingerprint density at radius 3 is 2.06 bits per heavy atom. The van der Waals surface area contributed by atoms with E-state index < -0.39 is 4.92 Å². The summed E-state index contributed by atoms with van der Waals surface area (Å²) in [6, 6.07) is 18.3. The number of hydrogen-bond donors (Lipinski definition) is 2. The van der Waals surface area contributed by atoms with Crippen LogP contribution in [0.25, 0.3) is 6.08 Å². The van der Waals surface area contributed by atoms with Gasteiger partial charge in [-0.3, -0.25) is 19.8 Å². The number of thioether (sulfide) groups is 1. The van der Waals surface area contributed by atoms with E-state index in [0.717, 1.165) is 11.8 Å². The van der Waals surface area contributed by atoms with E-state index in [-0.39, 0.29) is 23.1 Å². The lowest BCUT2D eigenvalue weighted by Crippen LogP contribution is -2.28. The molecule has 4 rings (SSSR count). The van der Waals surface area contributed by atoms with Gasteiger partial charge in [0.1, 0.15) is 11.5 Å². The number of benzene rings is 3. The molecule has 2 N–H and O–H groups in total. The first kappa shape index (κ1) is 20.2. The second kappa shape index (κ2) is 8.33. The van der Waals surface area contributed by atoms with Crippen LogP contribution in [-0.2, 0) is 4.79 Å². The van der Waals surface area contributed by atoms with Gasteiger partial charge in [0.05, 0.1) is 21.2 Å². The highest BCUT2D eigenvalue weighted by molar-refractivity contribution is 8.19. The number of non-ortho nitro benzene ring substituents is 1. The molecule has 8 nitrogen and oxygen atoms in total. The van der Waals surface area contributed by atoms with Crippen molar-refractivity contribution < 1.29 is 19.9 Å². The van der Waals surface area contributed by atoms with Gasteiger partial charge < -0.3 is 10.2 Å². The Morgan fingerprint density at radius 2 is 1.48 bits per heavy atom. The van der Waals surface area contributed by atoms with E-state index >= 15 is 0 Å². The molecule has 31 heavy (non-hydrogen) atoms. The first-order chi connectivity index (χ1) is 14.9. The van der Waals surface area contributed by atoms with Crippen molar-refractivity contribution in [1.29, 1.82) is 0 Å². The summed E-state index contributed by atoms with van der Waals surface area (Å²) < 4.78 is 0. The fraction of sp³-hybridized carbons (Fsp3) is 0. The van der Waals surface area contributed by atoms with Crippen molar-refractivity contribution >= 4 is 46.0 Å². The zero-order valence-corrected chi connectivity index (χ0v) is 16.7. The highest BCUT2D eigenvalue weighted by atomic mass is 32.2. The molecule has 0 atom stereocenters. The summed E-state index contributed by atoms with van der Waals surface area (Å²) in [6.45, 7) is 0. The lowest BCUT2D eigenvalue weighted by Gasteiger charge is -2.15. The number of amidine groups is 1. The van der Waals surface area contributed by atoms with Gasteiger partial charge in [0.25, 0.3) is 11.6 Å². The first-order valence-electron chi connectivity index (χ1n) is 9.06. The van der Waals surface area contributed by atoms with Gasteiger partial charge in [-0.2, -0.15) is 0 Å². The normalized spacial score (nSPS) is 16.3. The number of nitro groups is 1. The standard InChI is InChI=1S/C22H15N3O5S/c26-18-9-3-15(4-10-18)23-22-24(16-7-11-19(27)12-8-16)21(28)20(31-22)13-14-1-5-17(6-2-14)25(29)30/h1-13,26-27H/b20-13+,23-22?. The van der Waals surface area contributed by atoms with Crippen LogP contribution in [0.1, 0.15) is 5.56 Å². The number of carbonyl (C=O) groups is 1. The molecule has 1 saturated heterocycles. The quantitative estimate of drug-likeness (QED) is 0.346. The van der Waals surface area contributed by atoms with Gasteiger partial charge in [0, 0.05) is 12.1 Å². The highest BCUT2D eigenvalue weighted by Gasteiger charge is 2.34. The minimum atomic E-state index is -0.485. The summed E-state index contributed by atoms with van der Waals surface area (Å²) in [5.74, 6) is -0.137. The molecule has 9 heteroatoms. The molecule has 0 saturated carbocycles. The van der Waals surface area contributed by atoms with Crippen molar-refractivity contribution in [1.82, 2.24) is 0 Å². The van der Waals surface area contributed by atoms with Crippen molar-refractivity contribution in [3.05, 3.63) is 93.4 Å². The third-order valence-corrected chi connectivity index (χ3v) is 5.36. The molecule has 1 aliphatic heterocycles. The van der Waals surface area contributed by atoms with Crippen LogP contribution in [0.3, 0.4) is 0 Å². The van der Waals surface area contributed by atoms with E-state index in [4.69, 9.17) is 0 Å². The topological polar surface area (TPSA) is 116 Å². The van der Waals surface area contributed by atoms with Gasteiger partial charge in [-0.25, -0.2) is 4.99 Å². The maximum absolute atomic E-state index is 13.2. The second-order valence-electron chi connectivity index (χ2n) is 6.53. The second-order valence-corrected chi connectivity index (χ2v) is 7.54. The van der Waals surface area contributed by atoms with Gasteiger partial charge in [0.2, 0.25) is 0 Å². The Labute approximate surface area is 180 Å². The van der Waals surface area contributed by atoms with E-state index in [2.05, 4.69) is 4.99 Å². The predicted octanol–water partition coefficient (Wildman–Crippen LogP) is 4.81. The average molecular weight is 433 g/mol. The number of carbonyl (C=O) groups excluding carboxylic acids is 1. The van der Waals surface area contributed by atoms with Crippen LogP contribution in [0.4, 0.5) is 17.1 Å². The van der Waals surface area contributed by atoms with Crippen LogP contribution in [0.15, 0.2) is 82.7 Å². The number of hydrogen-bond acceptors (Lipinski definition) is 7. The number of aliphatic imine (C=N–C) groups is 1. The summed E-state index contributed by atoms with van der Waals surface area (Å²) in [7, 11) is 0. The smallest absolute Gasteiger partial charge is 0.271 e. The summed E-state index contributed by atoms with van der Waals surface area (Å²) >= 11 is 1.16. The van der Waals surface area contributed by atoms with E-state index in [1.165, 1.54) is 41.3 Å². The van der Waals surface area contributed by atoms with Crippen molar-refractivity contribution in [2.24, 2.45) is 4.99 Å². The van der Waals surface area contributed by atoms with Crippen LogP contribution in [-0.4, -0.2) is 26.2 Å². The molecule has 1 amide bonds. The van der Waals surface area contributed by atoms with E-state index in [1.807, 2.05) is 0 Å². The molecule has 0 spiro atoms. The number of anilines is 1. The Balaban J connectivity index is 1.73. The number of aromatic hydroxyl groups is 2. The summed E-state index contributed by atoms with van der Waals surface area (Å²) in [5.41, 5.74) is 1.68. The fourth-order valence-electron chi connectivity index (χ4n) is 2.86. The zero-order valence-electron chi connectivity index (χ0n) is 15.9. The maximum Gasteiger partial charge on any atom is 0.271 e. The Kier molecular flexibility index (Phi) is 5.42. The summed E-state index contributed by atoms with van der Waals surface area (Å²) in [6.07, 6.45) is 1.64. The van der Waals surface area contributed by atoms with E-state index in [1.54, 1.807) is 42.5 Å². The van der Waals surface area contributed by atoms with Gasteiger partial charge in [0.15, 0.2) is 5.17 Å². The van der Waals surface area contributed by atoms with Crippen LogP contribution in [0, 0.1) is 10.1 Å². The molecular weight excluding hydrogens is 418 g/mol. The van der Waals surface area contributed by atoms with Gasteiger partial charge in [-0.1, -0.05) is 0 Å². The monoisotopic (exact) mass is 433 g/mol. The van der Waals surface area contributed by atoms with Gasteiger partial charge >= 0.3 is 0 Å². The molecule has 1 aliphatic rings. The lowest BCUT2D eigenvalue weighted by atomic mass is 10.2. The summed E-state index contributed by atoms with van der Waals surface area (Å²) in [4.78, 5) is 29.9. The van der Waals surface area contributed by atoms with E-state index in [0.29, 0.717) is 27.0 Å². The minimum Gasteiger partial charge on any atom is -0.508 e. The van der Waals surface area contributed by atoms with Crippen molar-refractivity contribution in [2.45, 2.75) is 0 Å². The Morgan fingerprint density at radius 1 is 0.903 bits per heavy atom. The SMILES string of the molecule is O=C1/C(=C\c2ccc([N+](=O)[O-])cc2)SC(=Nc2ccc(O)cc2)N1c1ccc(O)cc1.